The van der Waals surface area contributed by atoms with Crippen LogP contribution >= 0.6 is 0 Å². The van der Waals surface area contributed by atoms with Crippen LogP contribution in [0.2, 0.25) is 0 Å². The number of sulfonamides is 1. The minimum Gasteiger partial charge on any atom is -0.481 e. The predicted octanol–water partition coefficient (Wildman–Crippen LogP) is 5.21. The molecular weight excluding hydrogens is 424 g/mol. The Morgan fingerprint density at radius 1 is 0.906 bits per heavy atom. The molecule has 0 unspecified atom stereocenters. The van der Waals surface area contributed by atoms with Crippen molar-refractivity contribution < 1.29 is 17.9 Å². The molecule has 168 valence electrons. The molecule has 0 radical (unpaired) electrons. The smallest absolute Gasteiger partial charge is 0.265 e. The van der Waals surface area contributed by atoms with Crippen molar-refractivity contribution >= 4 is 27.3 Å². The van der Waals surface area contributed by atoms with E-state index >= 15 is 0 Å². The number of benzene rings is 3. The average molecular weight is 453 g/mol. The first kappa shape index (κ1) is 23.3. The summed E-state index contributed by atoms with van der Waals surface area (Å²) in [4.78, 5) is 12.8. The van der Waals surface area contributed by atoms with Gasteiger partial charge in [0, 0.05) is 5.69 Å². The van der Waals surface area contributed by atoms with Crippen LogP contribution in [-0.4, -0.2) is 20.4 Å². The Kier molecular flexibility index (Phi) is 7.20. The van der Waals surface area contributed by atoms with E-state index in [4.69, 9.17) is 4.74 Å². The molecule has 1 atom stereocenters. The maximum absolute atomic E-state index is 12.7. The van der Waals surface area contributed by atoms with Crippen molar-refractivity contribution in [3.63, 3.8) is 0 Å². The van der Waals surface area contributed by atoms with E-state index in [0.29, 0.717) is 23.5 Å². The topological polar surface area (TPSA) is 84.5 Å². The highest BCUT2D eigenvalue weighted by Gasteiger charge is 2.20. The SMILES string of the molecule is CC[C@H](Oc1ccc(C)c(C)c1)C(=O)Nc1ccc(S(=O)(=O)Nc2ccccc2C)cc1. The molecule has 0 saturated heterocycles. The van der Waals surface area contributed by atoms with Gasteiger partial charge in [0.1, 0.15) is 5.75 Å². The van der Waals surface area contributed by atoms with Crippen molar-refractivity contribution in [1.29, 1.82) is 0 Å². The number of anilines is 2. The first-order valence-corrected chi connectivity index (χ1v) is 11.9. The monoisotopic (exact) mass is 452 g/mol. The molecule has 1 amide bonds. The summed E-state index contributed by atoms with van der Waals surface area (Å²) >= 11 is 0. The number of carbonyl (C=O) groups is 1. The molecule has 0 bridgehead atoms. The van der Waals surface area contributed by atoms with Crippen LogP contribution < -0.4 is 14.8 Å². The Balaban J connectivity index is 1.68. The average Bonchev–Trinajstić information content (AvgIpc) is 2.76. The van der Waals surface area contributed by atoms with E-state index in [-0.39, 0.29) is 10.8 Å². The standard InChI is InChI=1S/C25H28N2O4S/c1-5-24(31-21-13-10-17(2)19(4)16-21)25(28)26-20-11-14-22(15-12-20)32(29,30)27-23-9-7-6-8-18(23)3/h6-16,24,27H,5H2,1-4H3,(H,26,28)/t24-/m0/s1. The van der Waals surface area contributed by atoms with Gasteiger partial charge in [-0.2, -0.15) is 0 Å². The first-order valence-electron chi connectivity index (χ1n) is 10.4. The number of rotatable bonds is 8. The highest BCUT2D eigenvalue weighted by molar-refractivity contribution is 7.92. The Morgan fingerprint density at radius 2 is 1.59 bits per heavy atom. The summed E-state index contributed by atoms with van der Waals surface area (Å²) in [5.74, 6) is 0.346. The van der Waals surface area contributed by atoms with Gasteiger partial charge < -0.3 is 10.1 Å². The van der Waals surface area contributed by atoms with Gasteiger partial charge in [-0.3, -0.25) is 9.52 Å². The van der Waals surface area contributed by atoms with Crippen molar-refractivity contribution in [2.75, 3.05) is 10.0 Å². The Labute approximate surface area is 189 Å². The van der Waals surface area contributed by atoms with Gasteiger partial charge in [-0.25, -0.2) is 8.42 Å². The van der Waals surface area contributed by atoms with E-state index in [1.165, 1.54) is 12.1 Å². The Hall–Kier alpha value is -3.32. The summed E-state index contributed by atoms with van der Waals surface area (Å²) in [5.41, 5.74) is 4.09. The van der Waals surface area contributed by atoms with Gasteiger partial charge in [0.05, 0.1) is 10.6 Å². The Bertz CT molecular complexity index is 1200. The normalized spacial score (nSPS) is 12.1. The summed E-state index contributed by atoms with van der Waals surface area (Å²) < 4.78 is 33.8. The lowest BCUT2D eigenvalue weighted by Gasteiger charge is -2.18. The van der Waals surface area contributed by atoms with Gasteiger partial charge in [-0.15, -0.1) is 0 Å². The summed E-state index contributed by atoms with van der Waals surface area (Å²) in [6.07, 6.45) is -0.172. The maximum Gasteiger partial charge on any atom is 0.265 e. The molecule has 3 aromatic carbocycles. The molecule has 0 saturated carbocycles. The fourth-order valence-corrected chi connectivity index (χ4v) is 4.24. The van der Waals surface area contributed by atoms with Gasteiger partial charge in [-0.05, 0) is 86.3 Å². The van der Waals surface area contributed by atoms with Crippen molar-refractivity contribution in [1.82, 2.24) is 0 Å². The van der Waals surface area contributed by atoms with E-state index in [1.54, 1.807) is 24.3 Å². The molecule has 0 aliphatic heterocycles. The van der Waals surface area contributed by atoms with Crippen molar-refractivity contribution in [3.05, 3.63) is 83.4 Å². The third kappa shape index (κ3) is 5.68. The van der Waals surface area contributed by atoms with Crippen LogP contribution in [0.15, 0.2) is 71.6 Å². The molecule has 32 heavy (non-hydrogen) atoms. The van der Waals surface area contributed by atoms with Crippen LogP contribution in [0.4, 0.5) is 11.4 Å². The molecule has 0 aromatic heterocycles. The quantitative estimate of drug-likeness (QED) is 0.491. The molecule has 0 heterocycles. The number of hydrogen-bond acceptors (Lipinski definition) is 4. The lowest BCUT2D eigenvalue weighted by Crippen LogP contribution is -2.32. The summed E-state index contributed by atoms with van der Waals surface area (Å²) in [5, 5.41) is 2.80. The fraction of sp³-hybridized carbons (Fsp3) is 0.240. The van der Waals surface area contributed by atoms with Crippen LogP contribution in [0.3, 0.4) is 0 Å². The minimum atomic E-state index is -3.74. The number of amides is 1. The highest BCUT2D eigenvalue weighted by Crippen LogP contribution is 2.22. The number of nitrogens with one attached hydrogen (secondary N) is 2. The van der Waals surface area contributed by atoms with Crippen LogP contribution in [0.1, 0.15) is 30.0 Å². The molecule has 7 heteroatoms. The summed E-state index contributed by atoms with van der Waals surface area (Å²) in [6, 6.07) is 18.9. The van der Waals surface area contributed by atoms with E-state index in [9.17, 15) is 13.2 Å². The van der Waals surface area contributed by atoms with Gasteiger partial charge in [0.15, 0.2) is 6.10 Å². The second-order valence-electron chi connectivity index (χ2n) is 7.69. The zero-order chi connectivity index (χ0) is 23.3. The predicted molar refractivity (Wildman–Crippen MR) is 128 cm³/mol. The molecule has 0 spiro atoms. The van der Waals surface area contributed by atoms with Crippen molar-refractivity contribution in [3.8, 4) is 5.75 Å². The number of carbonyl (C=O) groups excluding carboxylic acids is 1. The molecule has 3 aromatic rings. The van der Waals surface area contributed by atoms with E-state index < -0.39 is 16.1 Å². The van der Waals surface area contributed by atoms with E-state index in [1.807, 2.05) is 58.0 Å². The molecule has 0 aliphatic carbocycles. The van der Waals surface area contributed by atoms with Crippen LogP contribution in [0, 0.1) is 20.8 Å². The van der Waals surface area contributed by atoms with Crippen LogP contribution in [-0.2, 0) is 14.8 Å². The molecule has 3 rings (SSSR count). The maximum atomic E-state index is 12.7. The zero-order valence-electron chi connectivity index (χ0n) is 18.7. The largest absolute Gasteiger partial charge is 0.481 e. The third-order valence-electron chi connectivity index (χ3n) is 5.24. The molecule has 0 aliphatic rings. The number of ether oxygens (including phenoxy) is 1. The molecular formula is C25H28N2O4S. The van der Waals surface area contributed by atoms with E-state index in [0.717, 1.165) is 16.7 Å². The third-order valence-corrected chi connectivity index (χ3v) is 6.62. The van der Waals surface area contributed by atoms with Crippen LogP contribution in [0.5, 0.6) is 5.75 Å². The fourth-order valence-electron chi connectivity index (χ4n) is 3.11. The second-order valence-corrected chi connectivity index (χ2v) is 9.38. The number of hydrogen-bond donors (Lipinski definition) is 2. The van der Waals surface area contributed by atoms with Gasteiger partial charge >= 0.3 is 0 Å². The lowest BCUT2D eigenvalue weighted by atomic mass is 10.1. The number of para-hydroxylation sites is 1. The van der Waals surface area contributed by atoms with Gasteiger partial charge in [0.25, 0.3) is 15.9 Å². The molecule has 0 fully saturated rings. The Morgan fingerprint density at radius 3 is 2.22 bits per heavy atom. The van der Waals surface area contributed by atoms with E-state index in [2.05, 4.69) is 10.0 Å². The minimum absolute atomic E-state index is 0.108. The highest BCUT2D eigenvalue weighted by atomic mass is 32.2. The van der Waals surface area contributed by atoms with Gasteiger partial charge in [0.2, 0.25) is 0 Å². The summed E-state index contributed by atoms with van der Waals surface area (Å²) in [7, 11) is -3.74. The lowest BCUT2D eigenvalue weighted by molar-refractivity contribution is -0.122. The second kappa shape index (κ2) is 9.87. The molecule has 6 nitrogen and oxygen atoms in total. The molecule has 2 N–H and O–H groups in total. The summed E-state index contributed by atoms with van der Waals surface area (Å²) in [6.45, 7) is 7.72. The van der Waals surface area contributed by atoms with Crippen LogP contribution in [0.25, 0.3) is 0 Å². The zero-order valence-corrected chi connectivity index (χ0v) is 19.5. The van der Waals surface area contributed by atoms with Crippen molar-refractivity contribution in [2.24, 2.45) is 0 Å². The number of aryl methyl sites for hydroxylation is 3. The van der Waals surface area contributed by atoms with Crippen molar-refractivity contribution in [2.45, 2.75) is 45.1 Å². The van der Waals surface area contributed by atoms with Gasteiger partial charge in [-0.1, -0.05) is 31.2 Å². The first-order chi connectivity index (χ1) is 15.2.